The van der Waals surface area contributed by atoms with E-state index >= 15 is 0 Å². The Morgan fingerprint density at radius 2 is 2.38 bits per heavy atom. The van der Waals surface area contributed by atoms with Crippen molar-refractivity contribution in [3.8, 4) is 0 Å². The third-order valence-corrected chi connectivity index (χ3v) is 1.24. The molecule has 0 aromatic carbocycles. The van der Waals surface area contributed by atoms with Crippen molar-refractivity contribution >= 4 is 12.0 Å². The largest absolute Gasteiger partial charge is 0.459 e. The zero-order valence-corrected chi connectivity index (χ0v) is 7.07. The maximum absolute atomic E-state index is 11.1. The van der Waals surface area contributed by atoms with Gasteiger partial charge in [0.2, 0.25) is 0 Å². The second kappa shape index (κ2) is 4.30. The normalized spacial score (nSPS) is 9.31. The van der Waals surface area contributed by atoms with Crippen molar-refractivity contribution in [3.05, 3.63) is 24.2 Å². The van der Waals surface area contributed by atoms with E-state index in [-0.39, 0.29) is 12.4 Å². The van der Waals surface area contributed by atoms with Crippen LogP contribution in [0, 0.1) is 0 Å². The summed E-state index contributed by atoms with van der Waals surface area (Å²) in [5.41, 5.74) is 0. The van der Waals surface area contributed by atoms with E-state index in [0.29, 0.717) is 0 Å². The molecule has 0 bridgehead atoms. The first kappa shape index (κ1) is 9.31. The molecule has 0 atom stereocenters. The van der Waals surface area contributed by atoms with Crippen LogP contribution in [0.25, 0.3) is 0 Å². The van der Waals surface area contributed by atoms with Crippen LogP contribution in [0.2, 0.25) is 0 Å². The molecule has 0 saturated heterocycles. The SMILES string of the molecule is CCOC(=O)NC(=O)c1ccco1. The Hall–Kier alpha value is -1.78. The molecule has 0 unspecified atom stereocenters. The number of hydrogen-bond acceptors (Lipinski definition) is 4. The molecule has 1 N–H and O–H groups in total. The maximum Gasteiger partial charge on any atom is 0.414 e. The molecule has 70 valence electrons. The van der Waals surface area contributed by atoms with Crippen LogP contribution in [0.4, 0.5) is 4.79 Å². The predicted molar refractivity (Wildman–Crippen MR) is 43.2 cm³/mol. The Bertz CT molecular complexity index is 291. The lowest BCUT2D eigenvalue weighted by atomic mass is 10.4. The van der Waals surface area contributed by atoms with Gasteiger partial charge in [0.15, 0.2) is 5.76 Å². The molecule has 0 spiro atoms. The summed E-state index contributed by atoms with van der Waals surface area (Å²) in [5.74, 6) is -0.531. The summed E-state index contributed by atoms with van der Waals surface area (Å²) in [6.45, 7) is 1.87. The Kier molecular flexibility index (Phi) is 3.08. The zero-order chi connectivity index (χ0) is 9.68. The predicted octanol–water partition coefficient (Wildman–Crippen LogP) is 1.17. The van der Waals surface area contributed by atoms with Gasteiger partial charge in [-0.25, -0.2) is 4.79 Å². The van der Waals surface area contributed by atoms with Crippen molar-refractivity contribution in [2.75, 3.05) is 6.61 Å². The summed E-state index contributed by atoms with van der Waals surface area (Å²) in [7, 11) is 0. The van der Waals surface area contributed by atoms with E-state index in [9.17, 15) is 9.59 Å². The molecule has 1 rings (SSSR count). The molecule has 0 aliphatic carbocycles. The molecular formula is C8H9NO4. The van der Waals surface area contributed by atoms with Gasteiger partial charge in [-0.15, -0.1) is 0 Å². The highest BCUT2D eigenvalue weighted by Crippen LogP contribution is 1.98. The lowest BCUT2D eigenvalue weighted by Crippen LogP contribution is -2.30. The molecule has 1 aromatic heterocycles. The molecule has 1 heterocycles. The minimum absolute atomic E-state index is 0.0769. The molecule has 0 fully saturated rings. The van der Waals surface area contributed by atoms with Crippen molar-refractivity contribution in [3.63, 3.8) is 0 Å². The van der Waals surface area contributed by atoms with Gasteiger partial charge in [-0.1, -0.05) is 0 Å². The van der Waals surface area contributed by atoms with Gasteiger partial charge in [0.05, 0.1) is 12.9 Å². The summed E-state index contributed by atoms with van der Waals surface area (Å²) in [4.78, 5) is 21.8. The number of hydrogen-bond donors (Lipinski definition) is 1. The average molecular weight is 183 g/mol. The first-order valence-corrected chi connectivity index (χ1v) is 3.75. The third kappa shape index (κ3) is 2.62. The van der Waals surface area contributed by atoms with Gasteiger partial charge in [-0.3, -0.25) is 10.1 Å². The number of alkyl carbamates (subject to hydrolysis) is 1. The number of ether oxygens (including phenoxy) is 1. The molecule has 5 nitrogen and oxygen atoms in total. The number of amides is 2. The Morgan fingerprint density at radius 3 is 2.92 bits per heavy atom. The lowest BCUT2D eigenvalue weighted by Gasteiger charge is -2.00. The number of furan rings is 1. The van der Waals surface area contributed by atoms with Crippen LogP contribution in [0.15, 0.2) is 22.8 Å². The first-order chi connectivity index (χ1) is 6.24. The van der Waals surface area contributed by atoms with Gasteiger partial charge < -0.3 is 9.15 Å². The fourth-order valence-electron chi connectivity index (χ4n) is 0.729. The molecule has 0 aliphatic rings. The van der Waals surface area contributed by atoms with E-state index < -0.39 is 12.0 Å². The van der Waals surface area contributed by atoms with Crippen molar-refractivity contribution < 1.29 is 18.7 Å². The Balaban J connectivity index is 2.47. The summed E-state index contributed by atoms with van der Waals surface area (Å²) in [5, 5.41) is 1.99. The standard InChI is InChI=1S/C8H9NO4/c1-2-12-8(11)9-7(10)6-4-3-5-13-6/h3-5H,2H2,1H3,(H,9,10,11). The van der Waals surface area contributed by atoms with Gasteiger partial charge in [0.25, 0.3) is 5.91 Å². The van der Waals surface area contributed by atoms with Gasteiger partial charge in [-0.05, 0) is 19.1 Å². The van der Waals surface area contributed by atoms with Gasteiger partial charge >= 0.3 is 6.09 Å². The number of imide groups is 1. The molecular weight excluding hydrogens is 174 g/mol. The molecule has 1 aromatic rings. The van der Waals surface area contributed by atoms with Gasteiger partial charge in [0.1, 0.15) is 0 Å². The van der Waals surface area contributed by atoms with Crippen molar-refractivity contribution in [1.29, 1.82) is 0 Å². The maximum atomic E-state index is 11.1. The Morgan fingerprint density at radius 1 is 1.62 bits per heavy atom. The van der Waals surface area contributed by atoms with Crippen LogP contribution in [-0.4, -0.2) is 18.6 Å². The summed E-state index contributed by atoms with van der Waals surface area (Å²) in [6, 6.07) is 3.01. The topological polar surface area (TPSA) is 68.5 Å². The van der Waals surface area contributed by atoms with E-state index in [1.54, 1.807) is 13.0 Å². The van der Waals surface area contributed by atoms with E-state index in [2.05, 4.69) is 4.74 Å². The molecule has 0 aliphatic heterocycles. The summed E-state index contributed by atoms with van der Waals surface area (Å²) < 4.78 is 9.25. The zero-order valence-electron chi connectivity index (χ0n) is 7.07. The van der Waals surface area contributed by atoms with Crippen LogP contribution < -0.4 is 5.32 Å². The van der Waals surface area contributed by atoms with Crippen LogP contribution in [0.3, 0.4) is 0 Å². The minimum Gasteiger partial charge on any atom is -0.459 e. The quantitative estimate of drug-likeness (QED) is 0.747. The smallest absolute Gasteiger partial charge is 0.414 e. The monoisotopic (exact) mass is 183 g/mol. The average Bonchev–Trinajstić information content (AvgIpc) is 2.55. The van der Waals surface area contributed by atoms with Gasteiger partial charge in [-0.2, -0.15) is 0 Å². The van der Waals surface area contributed by atoms with Gasteiger partial charge in [0, 0.05) is 0 Å². The molecule has 0 radical (unpaired) electrons. The molecule has 13 heavy (non-hydrogen) atoms. The lowest BCUT2D eigenvalue weighted by molar-refractivity contribution is 0.0898. The van der Waals surface area contributed by atoms with Crippen LogP contribution in [0.5, 0.6) is 0 Å². The van der Waals surface area contributed by atoms with Crippen LogP contribution in [-0.2, 0) is 4.74 Å². The third-order valence-electron chi connectivity index (χ3n) is 1.24. The highest BCUT2D eigenvalue weighted by Gasteiger charge is 2.12. The van der Waals surface area contributed by atoms with E-state index in [1.165, 1.54) is 12.3 Å². The van der Waals surface area contributed by atoms with Crippen molar-refractivity contribution in [1.82, 2.24) is 5.32 Å². The number of nitrogens with one attached hydrogen (secondary N) is 1. The molecule has 2 amide bonds. The number of carbonyl (C=O) groups excluding carboxylic acids is 2. The van der Waals surface area contributed by atoms with Crippen molar-refractivity contribution in [2.45, 2.75) is 6.92 Å². The molecule has 0 saturated carbocycles. The van der Waals surface area contributed by atoms with E-state index in [0.717, 1.165) is 0 Å². The van der Waals surface area contributed by atoms with Crippen molar-refractivity contribution in [2.24, 2.45) is 0 Å². The van der Waals surface area contributed by atoms with E-state index in [1.807, 2.05) is 5.32 Å². The fourth-order valence-corrected chi connectivity index (χ4v) is 0.729. The Labute approximate surface area is 74.7 Å². The fraction of sp³-hybridized carbons (Fsp3) is 0.250. The van der Waals surface area contributed by atoms with E-state index in [4.69, 9.17) is 4.42 Å². The summed E-state index contributed by atoms with van der Waals surface area (Å²) in [6.07, 6.45) is 0.573. The highest BCUT2D eigenvalue weighted by atomic mass is 16.5. The highest BCUT2D eigenvalue weighted by molar-refractivity contribution is 6.00. The number of carbonyl (C=O) groups is 2. The first-order valence-electron chi connectivity index (χ1n) is 3.75. The summed E-state index contributed by atoms with van der Waals surface area (Å²) >= 11 is 0. The van der Waals surface area contributed by atoms with Crippen LogP contribution in [0.1, 0.15) is 17.5 Å². The molecule has 5 heteroatoms. The number of rotatable bonds is 2. The minimum atomic E-state index is -0.774. The van der Waals surface area contributed by atoms with Crippen LogP contribution >= 0.6 is 0 Å². The second-order valence-electron chi connectivity index (χ2n) is 2.15. The second-order valence-corrected chi connectivity index (χ2v) is 2.15.